The minimum absolute atomic E-state index is 0.161. The number of fused-ring (bicyclic) bond motifs is 1. The lowest BCUT2D eigenvalue weighted by Gasteiger charge is -2.20. The number of nitrogens with zero attached hydrogens (tertiary/aromatic N) is 3. The number of aliphatic hydroxyl groups excluding tert-OH is 2. The minimum Gasteiger partial charge on any atom is -0.490 e. The molecule has 2 rings (SSSR count). The molecule has 0 aliphatic carbocycles. The fourth-order valence-electron chi connectivity index (χ4n) is 2.39. The number of amides is 1. The number of hydrogen-bond donors (Lipinski definition) is 2. The maximum absolute atomic E-state index is 12.7. The maximum atomic E-state index is 12.7. The molecular weight excluding hydrogens is 286 g/mol. The third kappa shape index (κ3) is 3.05. The number of aliphatic hydroxyl groups is 2. The average molecular weight is 307 g/mol. The highest BCUT2D eigenvalue weighted by atomic mass is 16.5. The van der Waals surface area contributed by atoms with Crippen LogP contribution in [0.15, 0.2) is 18.3 Å². The molecule has 0 aromatic carbocycles. The summed E-state index contributed by atoms with van der Waals surface area (Å²) in [6.45, 7) is 4.16. The molecule has 2 aromatic rings. The molecule has 120 valence electrons. The summed E-state index contributed by atoms with van der Waals surface area (Å²) >= 11 is 0. The fraction of sp³-hybridized carbons (Fsp3) is 0.467. The molecule has 0 saturated carbocycles. The van der Waals surface area contributed by atoms with Gasteiger partial charge in [-0.1, -0.05) is 0 Å². The van der Waals surface area contributed by atoms with Gasteiger partial charge in [0.25, 0.3) is 5.91 Å². The van der Waals surface area contributed by atoms with Gasteiger partial charge in [-0.3, -0.25) is 9.20 Å². The molecular formula is C15H21N3O4. The summed E-state index contributed by atoms with van der Waals surface area (Å²) in [5.41, 5.74) is 1.58. The van der Waals surface area contributed by atoms with Gasteiger partial charge in [0.2, 0.25) is 0 Å². The van der Waals surface area contributed by atoms with E-state index >= 15 is 0 Å². The Morgan fingerprint density at radius 2 is 2.05 bits per heavy atom. The zero-order valence-electron chi connectivity index (χ0n) is 12.8. The number of imidazole rings is 1. The van der Waals surface area contributed by atoms with E-state index in [4.69, 9.17) is 14.9 Å². The van der Waals surface area contributed by atoms with Crippen molar-refractivity contribution in [3.63, 3.8) is 0 Å². The normalized spacial score (nSPS) is 10.9. The van der Waals surface area contributed by atoms with Crippen molar-refractivity contribution >= 4 is 11.6 Å². The van der Waals surface area contributed by atoms with Crippen molar-refractivity contribution < 1.29 is 19.7 Å². The quantitative estimate of drug-likeness (QED) is 0.776. The zero-order valence-corrected chi connectivity index (χ0v) is 12.8. The molecule has 1 amide bonds. The zero-order chi connectivity index (χ0) is 16.1. The molecule has 0 unspecified atom stereocenters. The number of ether oxygens (including phenoxy) is 1. The smallest absolute Gasteiger partial charge is 0.272 e. The first-order valence-corrected chi connectivity index (χ1v) is 7.25. The van der Waals surface area contributed by atoms with Gasteiger partial charge < -0.3 is 19.8 Å². The molecule has 0 spiro atoms. The Hall–Kier alpha value is -2.12. The Bertz CT molecular complexity index is 648. The Morgan fingerprint density at radius 1 is 1.36 bits per heavy atom. The number of carbonyl (C=O) groups excluding carboxylic acids is 1. The van der Waals surface area contributed by atoms with Crippen molar-refractivity contribution in [1.82, 2.24) is 14.3 Å². The molecule has 7 nitrogen and oxygen atoms in total. The molecule has 0 saturated heterocycles. The van der Waals surface area contributed by atoms with E-state index in [1.807, 2.05) is 6.92 Å². The average Bonchev–Trinajstić information content (AvgIpc) is 2.84. The number of rotatable bonds is 7. The number of carbonyl (C=O) groups is 1. The van der Waals surface area contributed by atoms with Crippen molar-refractivity contribution in [3.8, 4) is 5.75 Å². The van der Waals surface area contributed by atoms with Gasteiger partial charge in [-0.25, -0.2) is 4.98 Å². The molecule has 0 aliphatic rings. The largest absolute Gasteiger partial charge is 0.490 e. The lowest BCUT2D eigenvalue weighted by Crippen LogP contribution is -2.36. The first-order chi connectivity index (χ1) is 10.6. The summed E-state index contributed by atoms with van der Waals surface area (Å²) in [6.07, 6.45) is 1.75. The topological polar surface area (TPSA) is 87.3 Å². The van der Waals surface area contributed by atoms with Crippen LogP contribution in [0.3, 0.4) is 0 Å². The lowest BCUT2D eigenvalue weighted by atomic mass is 10.3. The van der Waals surface area contributed by atoms with Crippen molar-refractivity contribution in [1.29, 1.82) is 0 Å². The van der Waals surface area contributed by atoms with E-state index in [1.54, 1.807) is 29.7 Å². The highest BCUT2D eigenvalue weighted by molar-refractivity contribution is 5.95. The van der Waals surface area contributed by atoms with E-state index in [2.05, 4.69) is 4.98 Å². The van der Waals surface area contributed by atoms with E-state index in [9.17, 15) is 4.79 Å². The Labute approximate surface area is 128 Å². The maximum Gasteiger partial charge on any atom is 0.272 e. The summed E-state index contributed by atoms with van der Waals surface area (Å²) < 4.78 is 7.22. The molecule has 2 heterocycles. The highest BCUT2D eigenvalue weighted by Gasteiger charge is 2.23. The van der Waals surface area contributed by atoms with Crippen molar-refractivity contribution in [2.75, 3.05) is 32.9 Å². The lowest BCUT2D eigenvalue weighted by molar-refractivity contribution is 0.0677. The van der Waals surface area contributed by atoms with E-state index in [0.29, 0.717) is 29.4 Å². The first-order valence-electron chi connectivity index (χ1n) is 7.25. The summed E-state index contributed by atoms with van der Waals surface area (Å²) in [4.78, 5) is 18.5. The second kappa shape index (κ2) is 7.24. The van der Waals surface area contributed by atoms with Crippen LogP contribution in [0.2, 0.25) is 0 Å². The van der Waals surface area contributed by atoms with Crippen LogP contribution in [-0.2, 0) is 0 Å². The van der Waals surface area contributed by atoms with Crippen LogP contribution in [0.4, 0.5) is 0 Å². The molecule has 2 aromatic heterocycles. The second-order valence-corrected chi connectivity index (χ2v) is 4.78. The molecule has 0 radical (unpaired) electrons. The van der Waals surface area contributed by atoms with Crippen LogP contribution in [0.1, 0.15) is 23.1 Å². The fourth-order valence-corrected chi connectivity index (χ4v) is 2.39. The first kappa shape index (κ1) is 16.3. The van der Waals surface area contributed by atoms with Crippen LogP contribution in [-0.4, -0.2) is 63.3 Å². The number of hydrogen-bond acceptors (Lipinski definition) is 5. The van der Waals surface area contributed by atoms with Crippen LogP contribution in [0.25, 0.3) is 5.65 Å². The second-order valence-electron chi connectivity index (χ2n) is 4.78. The number of aryl methyl sites for hydroxylation is 1. The van der Waals surface area contributed by atoms with Gasteiger partial charge in [0.15, 0.2) is 11.4 Å². The SMILES string of the molecule is CCOc1cccn2c(C(=O)N(CCO)CCO)c(C)nc12. The van der Waals surface area contributed by atoms with E-state index in [0.717, 1.165) is 0 Å². The minimum atomic E-state index is -0.276. The third-order valence-electron chi connectivity index (χ3n) is 3.32. The number of pyridine rings is 1. The van der Waals surface area contributed by atoms with Gasteiger partial charge in [-0.2, -0.15) is 0 Å². The van der Waals surface area contributed by atoms with E-state index in [1.165, 1.54) is 4.90 Å². The summed E-state index contributed by atoms with van der Waals surface area (Å²) in [7, 11) is 0. The van der Waals surface area contributed by atoms with Gasteiger partial charge in [0, 0.05) is 19.3 Å². The van der Waals surface area contributed by atoms with Gasteiger partial charge in [-0.05, 0) is 26.0 Å². The number of aromatic nitrogens is 2. The van der Waals surface area contributed by atoms with Crippen molar-refractivity contribution in [2.45, 2.75) is 13.8 Å². The standard InChI is InChI=1S/C15H21N3O4/c1-3-22-12-5-4-6-18-13(11(2)16-14(12)18)15(21)17(7-9-19)8-10-20/h4-6,19-20H,3,7-10H2,1-2H3. The summed E-state index contributed by atoms with van der Waals surface area (Å²) in [6, 6.07) is 3.59. The van der Waals surface area contributed by atoms with Gasteiger partial charge in [0.1, 0.15) is 5.69 Å². The van der Waals surface area contributed by atoms with E-state index in [-0.39, 0.29) is 32.2 Å². The van der Waals surface area contributed by atoms with Crippen LogP contribution < -0.4 is 4.74 Å². The molecule has 2 N–H and O–H groups in total. The molecule has 7 heteroatoms. The summed E-state index contributed by atoms with van der Waals surface area (Å²) in [5, 5.41) is 18.2. The Kier molecular flexibility index (Phi) is 5.35. The van der Waals surface area contributed by atoms with Crippen molar-refractivity contribution in [3.05, 3.63) is 29.7 Å². The van der Waals surface area contributed by atoms with E-state index < -0.39 is 0 Å². The van der Waals surface area contributed by atoms with Crippen LogP contribution in [0.5, 0.6) is 5.75 Å². The predicted octanol–water partition coefficient (Wildman–Crippen LogP) is 0.468. The molecule has 0 atom stereocenters. The highest BCUT2D eigenvalue weighted by Crippen LogP contribution is 2.22. The molecule has 0 bridgehead atoms. The van der Waals surface area contributed by atoms with Crippen molar-refractivity contribution in [2.24, 2.45) is 0 Å². The predicted molar refractivity (Wildman–Crippen MR) is 81.2 cm³/mol. The van der Waals surface area contributed by atoms with Crippen LogP contribution in [0, 0.1) is 6.92 Å². The monoisotopic (exact) mass is 307 g/mol. The molecule has 22 heavy (non-hydrogen) atoms. The van der Waals surface area contributed by atoms with Gasteiger partial charge in [0.05, 0.1) is 25.5 Å². The summed E-state index contributed by atoms with van der Waals surface area (Å²) in [5.74, 6) is 0.338. The molecule has 0 fully saturated rings. The Morgan fingerprint density at radius 3 is 2.64 bits per heavy atom. The van der Waals surface area contributed by atoms with Gasteiger partial charge >= 0.3 is 0 Å². The molecule has 0 aliphatic heterocycles. The van der Waals surface area contributed by atoms with Gasteiger partial charge in [-0.15, -0.1) is 0 Å². The third-order valence-corrected chi connectivity index (χ3v) is 3.32. The Balaban J connectivity index is 2.48. The van der Waals surface area contributed by atoms with Crippen LogP contribution >= 0.6 is 0 Å².